The van der Waals surface area contributed by atoms with Crippen molar-refractivity contribution in [1.82, 2.24) is 4.98 Å². The number of benzene rings is 1. The number of nitrogens with zero attached hydrogens (tertiary/aromatic N) is 1. The predicted octanol–water partition coefficient (Wildman–Crippen LogP) is 2.71. The second-order valence-electron chi connectivity index (χ2n) is 3.89. The van der Waals surface area contributed by atoms with Crippen LogP contribution >= 0.6 is 0 Å². The number of aromatic nitrogens is 1. The highest BCUT2D eigenvalue weighted by atomic mass is 16.2. The summed E-state index contributed by atoms with van der Waals surface area (Å²) in [6.45, 7) is 5.36. The van der Waals surface area contributed by atoms with E-state index in [0.717, 1.165) is 16.7 Å². The monoisotopic (exact) mass is 214 g/mol. The molecule has 0 spiro atoms. The second-order valence-corrected chi connectivity index (χ2v) is 3.89. The molecule has 0 fully saturated rings. The maximum Gasteiger partial charge on any atom is 0.254 e. The summed E-state index contributed by atoms with van der Waals surface area (Å²) in [6, 6.07) is 9.88. The van der Waals surface area contributed by atoms with E-state index in [4.69, 9.17) is 0 Å². The molecule has 0 unspecified atom stereocenters. The summed E-state index contributed by atoms with van der Waals surface area (Å²) in [6.07, 6.45) is 0. The van der Waals surface area contributed by atoms with Gasteiger partial charge in [0.15, 0.2) is 0 Å². The van der Waals surface area contributed by atoms with Crippen LogP contribution in [0.5, 0.6) is 0 Å². The lowest BCUT2D eigenvalue weighted by Crippen LogP contribution is -2.26. The van der Waals surface area contributed by atoms with Gasteiger partial charge in [-0.15, -0.1) is 0 Å². The highest BCUT2D eigenvalue weighted by Crippen LogP contribution is 2.21. The van der Waals surface area contributed by atoms with Gasteiger partial charge >= 0.3 is 0 Å². The van der Waals surface area contributed by atoms with E-state index < -0.39 is 0 Å². The average molecular weight is 214 g/mol. The molecule has 0 saturated carbocycles. The molecule has 1 amide bonds. The zero-order valence-corrected chi connectivity index (χ0v) is 9.45. The number of hydrogen-bond acceptors (Lipinski definition) is 1. The summed E-state index contributed by atoms with van der Waals surface area (Å²) in [5, 5.41) is 1.10. The molecule has 3 nitrogen and oxygen atoms in total. The molecule has 0 aliphatic heterocycles. The van der Waals surface area contributed by atoms with E-state index in [9.17, 15) is 4.79 Å². The minimum atomic E-state index is -0.0773. The number of nitrogens with one attached hydrogen (secondary N) is 1. The van der Waals surface area contributed by atoms with E-state index in [1.54, 1.807) is 18.9 Å². The van der Waals surface area contributed by atoms with Gasteiger partial charge in [0.25, 0.3) is 5.91 Å². The molecule has 0 atom stereocenters. The topological polar surface area (TPSA) is 36.1 Å². The van der Waals surface area contributed by atoms with Gasteiger partial charge in [-0.1, -0.05) is 24.8 Å². The quantitative estimate of drug-likeness (QED) is 0.766. The van der Waals surface area contributed by atoms with Crippen LogP contribution in [0, 0.1) is 0 Å². The smallest absolute Gasteiger partial charge is 0.254 e. The summed E-state index contributed by atoms with van der Waals surface area (Å²) in [5.41, 5.74) is 1.56. The lowest BCUT2D eigenvalue weighted by molar-refractivity contribution is -0.114. The van der Waals surface area contributed by atoms with Crippen LogP contribution in [-0.2, 0) is 4.79 Å². The number of carbonyl (C=O) groups is 1. The van der Waals surface area contributed by atoms with E-state index in [1.807, 2.05) is 30.3 Å². The van der Waals surface area contributed by atoms with Crippen molar-refractivity contribution in [3.8, 4) is 0 Å². The van der Waals surface area contributed by atoms with Crippen molar-refractivity contribution in [3.63, 3.8) is 0 Å². The summed E-state index contributed by atoms with van der Waals surface area (Å²) >= 11 is 0. The number of para-hydroxylation sites is 1. The molecule has 3 heteroatoms. The van der Waals surface area contributed by atoms with E-state index in [2.05, 4.69) is 11.6 Å². The summed E-state index contributed by atoms with van der Waals surface area (Å²) < 4.78 is 0. The number of aromatic amines is 1. The molecule has 2 aromatic rings. The molecule has 1 N–H and O–H groups in total. The molecular weight excluding hydrogens is 200 g/mol. The van der Waals surface area contributed by atoms with Crippen LogP contribution in [0.3, 0.4) is 0 Å². The average Bonchev–Trinajstić information content (AvgIpc) is 2.70. The van der Waals surface area contributed by atoms with Crippen molar-refractivity contribution in [2.75, 3.05) is 11.9 Å². The minimum absolute atomic E-state index is 0.0773. The van der Waals surface area contributed by atoms with Crippen LogP contribution in [0.25, 0.3) is 10.9 Å². The number of anilines is 1. The van der Waals surface area contributed by atoms with Crippen LogP contribution in [-0.4, -0.2) is 17.9 Å². The molecule has 16 heavy (non-hydrogen) atoms. The van der Waals surface area contributed by atoms with Crippen molar-refractivity contribution in [2.24, 2.45) is 0 Å². The first kappa shape index (κ1) is 10.5. The van der Waals surface area contributed by atoms with Gasteiger partial charge in [-0.05, 0) is 19.1 Å². The van der Waals surface area contributed by atoms with Crippen LogP contribution in [0.15, 0.2) is 42.5 Å². The zero-order valence-electron chi connectivity index (χ0n) is 9.45. The SMILES string of the molecule is C=C(C)C(=O)N(C)c1cc2ccccc2[nH]1. The van der Waals surface area contributed by atoms with E-state index in [0.29, 0.717) is 5.57 Å². The number of amides is 1. The fraction of sp³-hybridized carbons (Fsp3) is 0.154. The molecule has 0 radical (unpaired) electrons. The third-order valence-corrected chi connectivity index (χ3v) is 2.55. The van der Waals surface area contributed by atoms with Gasteiger partial charge in [0.05, 0.1) is 0 Å². The van der Waals surface area contributed by atoms with Gasteiger partial charge in [-0.25, -0.2) is 0 Å². The van der Waals surface area contributed by atoms with Crippen molar-refractivity contribution in [1.29, 1.82) is 0 Å². The van der Waals surface area contributed by atoms with Gasteiger partial charge in [0.2, 0.25) is 0 Å². The molecule has 0 aliphatic rings. The maximum atomic E-state index is 11.7. The lowest BCUT2D eigenvalue weighted by Gasteiger charge is -2.14. The van der Waals surface area contributed by atoms with Crippen LogP contribution in [0.4, 0.5) is 5.82 Å². The number of fused-ring (bicyclic) bond motifs is 1. The standard InChI is InChI=1S/C13H14N2O/c1-9(2)13(16)15(3)12-8-10-6-4-5-7-11(10)14-12/h4-8,14H,1H2,2-3H3. The van der Waals surface area contributed by atoms with Gasteiger partial charge in [0.1, 0.15) is 5.82 Å². The molecule has 1 aromatic heterocycles. The Morgan fingerprint density at radius 2 is 2.06 bits per heavy atom. The zero-order chi connectivity index (χ0) is 11.7. The summed E-state index contributed by atoms with van der Waals surface area (Å²) in [7, 11) is 1.74. The van der Waals surface area contributed by atoms with Crippen molar-refractivity contribution in [2.45, 2.75) is 6.92 Å². The molecular formula is C13H14N2O. The Bertz CT molecular complexity index is 521. The molecule has 2 rings (SSSR count). The predicted molar refractivity (Wildman–Crippen MR) is 66.5 cm³/mol. The van der Waals surface area contributed by atoms with Crippen molar-refractivity contribution < 1.29 is 4.79 Å². The molecule has 0 saturated heterocycles. The number of likely N-dealkylation sites (N-methyl/N-ethyl adjacent to an activating group) is 1. The molecule has 1 heterocycles. The molecule has 0 bridgehead atoms. The first-order chi connectivity index (χ1) is 7.59. The largest absolute Gasteiger partial charge is 0.341 e. The lowest BCUT2D eigenvalue weighted by atomic mass is 10.2. The first-order valence-corrected chi connectivity index (χ1v) is 5.11. The Hall–Kier alpha value is -2.03. The van der Waals surface area contributed by atoms with Crippen LogP contribution in [0.1, 0.15) is 6.92 Å². The Morgan fingerprint density at radius 1 is 1.38 bits per heavy atom. The number of rotatable bonds is 2. The van der Waals surface area contributed by atoms with Gasteiger partial charge in [-0.2, -0.15) is 0 Å². The Balaban J connectivity index is 2.40. The number of carbonyl (C=O) groups excluding carboxylic acids is 1. The van der Waals surface area contributed by atoms with E-state index in [-0.39, 0.29) is 5.91 Å². The van der Waals surface area contributed by atoms with E-state index >= 15 is 0 Å². The van der Waals surface area contributed by atoms with Crippen molar-refractivity contribution >= 4 is 22.6 Å². The number of H-pyrrole nitrogens is 1. The Kier molecular flexibility index (Phi) is 2.52. The van der Waals surface area contributed by atoms with Gasteiger partial charge in [-0.3, -0.25) is 9.69 Å². The fourth-order valence-electron chi connectivity index (χ4n) is 1.63. The van der Waals surface area contributed by atoms with Crippen LogP contribution in [0.2, 0.25) is 0 Å². The highest BCUT2D eigenvalue weighted by molar-refractivity contribution is 6.05. The Labute approximate surface area is 94.4 Å². The normalized spacial score (nSPS) is 10.4. The highest BCUT2D eigenvalue weighted by Gasteiger charge is 2.13. The minimum Gasteiger partial charge on any atom is -0.341 e. The third-order valence-electron chi connectivity index (χ3n) is 2.55. The first-order valence-electron chi connectivity index (χ1n) is 5.11. The van der Waals surface area contributed by atoms with Gasteiger partial charge < -0.3 is 4.98 Å². The van der Waals surface area contributed by atoms with E-state index in [1.165, 1.54) is 0 Å². The molecule has 1 aromatic carbocycles. The van der Waals surface area contributed by atoms with Gasteiger partial charge in [0, 0.05) is 23.5 Å². The second kappa shape index (κ2) is 3.85. The molecule has 82 valence electrons. The summed E-state index contributed by atoms with van der Waals surface area (Å²) in [5.74, 6) is 0.709. The number of hydrogen-bond donors (Lipinski definition) is 1. The Morgan fingerprint density at radius 3 is 2.69 bits per heavy atom. The van der Waals surface area contributed by atoms with Crippen LogP contribution < -0.4 is 4.90 Å². The maximum absolute atomic E-state index is 11.7. The van der Waals surface area contributed by atoms with Crippen molar-refractivity contribution in [3.05, 3.63) is 42.5 Å². The molecule has 0 aliphatic carbocycles. The fourth-order valence-corrected chi connectivity index (χ4v) is 1.63. The third kappa shape index (κ3) is 1.72. The summed E-state index contributed by atoms with van der Waals surface area (Å²) in [4.78, 5) is 16.5.